The number of aliphatic carboxylic acids is 1. The Bertz CT molecular complexity index is 429. The summed E-state index contributed by atoms with van der Waals surface area (Å²) in [7, 11) is -3.67. The number of nitrogens with zero attached hydrogens (tertiary/aromatic N) is 2. The molecular formula is C12H22N2O4S. The molecular weight excluding hydrogens is 268 g/mol. The third-order valence-corrected chi connectivity index (χ3v) is 6.51. The first-order valence-corrected chi connectivity index (χ1v) is 8.43. The fourth-order valence-electron chi connectivity index (χ4n) is 3.04. The number of carboxylic acid groups (broad SMARTS) is 1. The first-order chi connectivity index (χ1) is 8.96. The van der Waals surface area contributed by atoms with Gasteiger partial charge in [0.1, 0.15) is 0 Å². The highest BCUT2D eigenvalue weighted by atomic mass is 32.2. The van der Waals surface area contributed by atoms with Gasteiger partial charge < -0.3 is 10.0 Å². The van der Waals surface area contributed by atoms with Gasteiger partial charge in [0.05, 0.1) is 0 Å². The standard InChI is InChI=1S/C12H22N2O4S/c1-2-13-8-5-10(6-9-13)14-7-3-4-11(12(15)16)19(14,17)18/h10-11H,2-9H2,1H3,(H,15,16). The minimum atomic E-state index is -3.67. The highest BCUT2D eigenvalue weighted by molar-refractivity contribution is 7.90. The minimum Gasteiger partial charge on any atom is -0.480 e. The average Bonchev–Trinajstić information content (AvgIpc) is 2.38. The number of hydrogen-bond acceptors (Lipinski definition) is 4. The van der Waals surface area contributed by atoms with Crippen LogP contribution >= 0.6 is 0 Å². The summed E-state index contributed by atoms with van der Waals surface area (Å²) < 4.78 is 26.1. The van der Waals surface area contributed by atoms with Gasteiger partial charge in [-0.1, -0.05) is 6.92 Å². The molecule has 1 N–H and O–H groups in total. The zero-order valence-corrected chi connectivity index (χ0v) is 12.1. The number of piperidine rings is 1. The molecule has 0 aliphatic carbocycles. The Labute approximate surface area is 114 Å². The Morgan fingerprint density at radius 3 is 2.37 bits per heavy atom. The van der Waals surface area contributed by atoms with Gasteiger partial charge in [0.15, 0.2) is 5.25 Å². The van der Waals surface area contributed by atoms with Gasteiger partial charge in [-0.2, -0.15) is 4.31 Å². The summed E-state index contributed by atoms with van der Waals surface area (Å²) in [5.74, 6) is -1.21. The molecule has 0 aromatic carbocycles. The van der Waals surface area contributed by atoms with Crippen LogP contribution in [0.2, 0.25) is 0 Å². The quantitative estimate of drug-likeness (QED) is 0.811. The van der Waals surface area contributed by atoms with Crippen molar-refractivity contribution in [3.63, 3.8) is 0 Å². The summed E-state index contributed by atoms with van der Waals surface area (Å²) in [5, 5.41) is 7.81. The van der Waals surface area contributed by atoms with Crippen LogP contribution in [0.5, 0.6) is 0 Å². The molecule has 0 amide bonds. The Morgan fingerprint density at radius 2 is 1.84 bits per heavy atom. The van der Waals surface area contributed by atoms with Crippen LogP contribution in [0.15, 0.2) is 0 Å². The molecule has 2 rings (SSSR count). The number of carboxylic acids is 1. The SMILES string of the molecule is CCN1CCC(N2CCCC(C(=O)O)S2(=O)=O)CC1. The van der Waals surface area contributed by atoms with Gasteiger partial charge in [-0.25, -0.2) is 8.42 Å². The molecule has 2 heterocycles. The Kier molecular flexibility index (Phi) is 4.47. The second-order valence-corrected chi connectivity index (χ2v) is 7.36. The average molecular weight is 290 g/mol. The molecule has 2 saturated heterocycles. The largest absolute Gasteiger partial charge is 0.480 e. The summed E-state index contributed by atoms with van der Waals surface area (Å²) in [6.45, 7) is 5.34. The molecule has 1 unspecified atom stereocenters. The number of likely N-dealkylation sites (tertiary alicyclic amines) is 1. The van der Waals surface area contributed by atoms with E-state index in [1.165, 1.54) is 4.31 Å². The highest BCUT2D eigenvalue weighted by Crippen LogP contribution is 2.28. The van der Waals surface area contributed by atoms with Crippen LogP contribution < -0.4 is 0 Å². The van der Waals surface area contributed by atoms with E-state index in [2.05, 4.69) is 11.8 Å². The van der Waals surface area contributed by atoms with Crippen molar-refractivity contribution in [2.75, 3.05) is 26.2 Å². The third kappa shape index (κ3) is 2.93. The topological polar surface area (TPSA) is 77.9 Å². The molecule has 7 heteroatoms. The van der Waals surface area contributed by atoms with E-state index in [0.717, 1.165) is 32.5 Å². The summed E-state index contributed by atoms with van der Waals surface area (Å²) in [5.41, 5.74) is 0. The summed E-state index contributed by atoms with van der Waals surface area (Å²) in [4.78, 5) is 13.4. The van der Waals surface area contributed by atoms with Crippen molar-refractivity contribution in [1.82, 2.24) is 9.21 Å². The van der Waals surface area contributed by atoms with Crippen molar-refractivity contribution < 1.29 is 18.3 Å². The molecule has 0 saturated carbocycles. The predicted molar refractivity (Wildman–Crippen MR) is 71.4 cm³/mol. The lowest BCUT2D eigenvalue weighted by Crippen LogP contribution is -2.54. The molecule has 2 aliphatic rings. The second kappa shape index (κ2) is 5.76. The maximum Gasteiger partial charge on any atom is 0.323 e. The van der Waals surface area contributed by atoms with Gasteiger partial charge >= 0.3 is 5.97 Å². The molecule has 6 nitrogen and oxygen atoms in total. The molecule has 0 radical (unpaired) electrons. The Hall–Kier alpha value is -0.660. The van der Waals surface area contributed by atoms with Gasteiger partial charge in [-0.05, 0) is 45.3 Å². The lowest BCUT2D eigenvalue weighted by Gasteiger charge is -2.40. The van der Waals surface area contributed by atoms with Crippen molar-refractivity contribution in [2.24, 2.45) is 0 Å². The van der Waals surface area contributed by atoms with Crippen molar-refractivity contribution in [1.29, 1.82) is 0 Å². The van der Waals surface area contributed by atoms with E-state index in [4.69, 9.17) is 5.11 Å². The van der Waals surface area contributed by atoms with E-state index in [9.17, 15) is 13.2 Å². The number of rotatable bonds is 3. The van der Waals surface area contributed by atoms with Crippen molar-refractivity contribution in [3.05, 3.63) is 0 Å². The van der Waals surface area contributed by atoms with Crippen LogP contribution in [-0.4, -0.2) is 66.2 Å². The molecule has 19 heavy (non-hydrogen) atoms. The van der Waals surface area contributed by atoms with Crippen molar-refractivity contribution >= 4 is 16.0 Å². The molecule has 0 spiro atoms. The fraction of sp³-hybridized carbons (Fsp3) is 0.917. The minimum absolute atomic E-state index is 0.0186. The predicted octanol–water partition coefficient (Wildman–Crippen LogP) is 0.350. The van der Waals surface area contributed by atoms with Crippen LogP contribution in [0.4, 0.5) is 0 Å². The van der Waals surface area contributed by atoms with Gasteiger partial charge in [0, 0.05) is 12.6 Å². The third-order valence-electron chi connectivity index (χ3n) is 4.22. The molecule has 0 aromatic rings. The molecule has 0 aromatic heterocycles. The zero-order chi connectivity index (χ0) is 14.0. The summed E-state index contributed by atoms with van der Waals surface area (Å²) in [6.07, 6.45) is 2.49. The van der Waals surface area contributed by atoms with Crippen LogP contribution in [0.3, 0.4) is 0 Å². The molecule has 1 atom stereocenters. The molecule has 110 valence electrons. The van der Waals surface area contributed by atoms with Gasteiger partial charge in [0.2, 0.25) is 10.0 Å². The van der Waals surface area contributed by atoms with E-state index >= 15 is 0 Å². The van der Waals surface area contributed by atoms with E-state index in [0.29, 0.717) is 13.0 Å². The number of hydrogen-bond donors (Lipinski definition) is 1. The fourth-order valence-corrected chi connectivity index (χ4v) is 5.09. The van der Waals surface area contributed by atoms with E-state index in [-0.39, 0.29) is 12.5 Å². The van der Waals surface area contributed by atoms with Crippen molar-refractivity contribution in [3.8, 4) is 0 Å². The molecule has 0 bridgehead atoms. The Balaban J connectivity index is 2.09. The van der Waals surface area contributed by atoms with Crippen molar-refractivity contribution in [2.45, 2.75) is 43.9 Å². The first-order valence-electron chi connectivity index (χ1n) is 6.92. The van der Waals surface area contributed by atoms with E-state index < -0.39 is 21.2 Å². The van der Waals surface area contributed by atoms with Crippen LogP contribution in [0.25, 0.3) is 0 Å². The second-order valence-electron chi connectivity index (χ2n) is 5.29. The van der Waals surface area contributed by atoms with Gasteiger partial charge in [-0.3, -0.25) is 4.79 Å². The number of carbonyl (C=O) groups is 1. The smallest absolute Gasteiger partial charge is 0.323 e. The van der Waals surface area contributed by atoms with E-state index in [1.807, 2.05) is 0 Å². The van der Waals surface area contributed by atoms with E-state index in [1.54, 1.807) is 0 Å². The number of sulfonamides is 1. The molecule has 2 aliphatic heterocycles. The maximum atomic E-state index is 12.3. The van der Waals surface area contributed by atoms with Crippen LogP contribution in [0.1, 0.15) is 32.6 Å². The maximum absolute atomic E-state index is 12.3. The lowest BCUT2D eigenvalue weighted by atomic mass is 10.0. The Morgan fingerprint density at radius 1 is 1.21 bits per heavy atom. The monoisotopic (exact) mass is 290 g/mol. The zero-order valence-electron chi connectivity index (χ0n) is 11.3. The van der Waals surface area contributed by atoms with Crippen LogP contribution in [-0.2, 0) is 14.8 Å². The lowest BCUT2D eigenvalue weighted by molar-refractivity contribution is -0.136. The summed E-state index contributed by atoms with van der Waals surface area (Å²) in [6, 6.07) is -0.0186. The highest BCUT2D eigenvalue weighted by Gasteiger charge is 2.43. The van der Waals surface area contributed by atoms with Gasteiger partial charge in [0.25, 0.3) is 0 Å². The van der Waals surface area contributed by atoms with Gasteiger partial charge in [-0.15, -0.1) is 0 Å². The first kappa shape index (κ1) is 14.7. The van der Waals surface area contributed by atoms with Crippen LogP contribution in [0, 0.1) is 0 Å². The normalized spacial score (nSPS) is 30.3. The molecule has 2 fully saturated rings. The summed E-state index contributed by atoms with van der Waals surface area (Å²) >= 11 is 0.